The number of carbonyl (C=O) groups excluding carboxylic acids is 3. The molecule has 5 rings (SSSR count). The summed E-state index contributed by atoms with van der Waals surface area (Å²) in [6.07, 6.45) is -1.33. The van der Waals surface area contributed by atoms with Gasteiger partial charge >= 0.3 is 6.03 Å². The largest absolute Gasteiger partial charge is 0.321 e. The van der Waals surface area contributed by atoms with Gasteiger partial charge in [0.25, 0.3) is 5.91 Å². The molecule has 1 atom stereocenters. The molecule has 0 bridgehead atoms. The van der Waals surface area contributed by atoms with Crippen molar-refractivity contribution in [2.45, 2.75) is 13.1 Å². The summed E-state index contributed by atoms with van der Waals surface area (Å²) >= 11 is 12.2. The normalized spacial score (nSPS) is 14.6. The molecular weight excluding hydrogens is 547 g/mol. The average Bonchev–Trinajstić information content (AvgIpc) is 3.06. The van der Waals surface area contributed by atoms with E-state index in [0.717, 1.165) is 11.1 Å². The summed E-state index contributed by atoms with van der Waals surface area (Å²) < 4.78 is 0. The molecule has 40 heavy (non-hydrogen) atoms. The molecular formula is C31H24Cl2N4O3. The molecule has 1 aliphatic heterocycles. The fourth-order valence-corrected chi connectivity index (χ4v) is 4.96. The van der Waals surface area contributed by atoms with E-state index in [4.69, 9.17) is 28.2 Å². The Hall–Kier alpha value is -4.46. The van der Waals surface area contributed by atoms with Crippen LogP contribution in [-0.2, 0) is 4.79 Å². The third kappa shape index (κ3) is 5.76. The van der Waals surface area contributed by atoms with Gasteiger partial charge in [-0.1, -0.05) is 96.0 Å². The summed E-state index contributed by atoms with van der Waals surface area (Å²) in [5.41, 5.74) is 4.06. The lowest BCUT2D eigenvalue weighted by atomic mass is 9.99. The zero-order valence-corrected chi connectivity index (χ0v) is 22.9. The number of benzene rings is 4. The van der Waals surface area contributed by atoms with Gasteiger partial charge in [0.2, 0.25) is 6.17 Å². The topological polar surface area (TPSA) is 90.9 Å². The van der Waals surface area contributed by atoms with E-state index in [-0.39, 0.29) is 17.4 Å². The second-order valence-corrected chi connectivity index (χ2v) is 9.99. The molecule has 0 fully saturated rings. The van der Waals surface area contributed by atoms with Crippen LogP contribution in [0.25, 0.3) is 0 Å². The first-order chi connectivity index (χ1) is 19.3. The van der Waals surface area contributed by atoms with Crippen LogP contribution in [0.1, 0.15) is 27.0 Å². The number of anilines is 2. The van der Waals surface area contributed by atoms with Gasteiger partial charge in [0.1, 0.15) is 0 Å². The summed E-state index contributed by atoms with van der Waals surface area (Å²) in [7, 11) is 0. The number of hydrogen-bond acceptors (Lipinski definition) is 4. The van der Waals surface area contributed by atoms with Crippen LogP contribution in [0.2, 0.25) is 10.0 Å². The fraction of sp³-hybridized carbons (Fsp3) is 0.0968. The molecule has 1 heterocycles. The van der Waals surface area contributed by atoms with Crippen LogP contribution in [0.15, 0.2) is 102 Å². The monoisotopic (exact) mass is 570 g/mol. The van der Waals surface area contributed by atoms with Crippen LogP contribution in [0.3, 0.4) is 0 Å². The lowest BCUT2D eigenvalue weighted by Crippen LogP contribution is -2.50. The first-order valence-corrected chi connectivity index (χ1v) is 13.2. The molecule has 4 aromatic rings. The summed E-state index contributed by atoms with van der Waals surface area (Å²) in [4.78, 5) is 46.6. The number of hydrogen-bond donors (Lipinski definition) is 2. The smallest absolute Gasteiger partial charge is 0.308 e. The summed E-state index contributed by atoms with van der Waals surface area (Å²) in [5, 5.41) is 5.95. The van der Waals surface area contributed by atoms with E-state index in [0.29, 0.717) is 33.2 Å². The lowest BCUT2D eigenvalue weighted by Gasteiger charge is -2.25. The summed E-state index contributed by atoms with van der Waals surface area (Å²) in [5.74, 6) is -0.793. The predicted octanol–water partition coefficient (Wildman–Crippen LogP) is 6.52. The van der Waals surface area contributed by atoms with Crippen molar-refractivity contribution in [3.63, 3.8) is 0 Å². The number of carbonyl (C=O) groups is 3. The Morgan fingerprint density at radius 1 is 0.900 bits per heavy atom. The molecule has 9 heteroatoms. The van der Waals surface area contributed by atoms with E-state index in [1.165, 1.54) is 11.0 Å². The van der Waals surface area contributed by atoms with Crippen molar-refractivity contribution < 1.29 is 14.4 Å². The van der Waals surface area contributed by atoms with Gasteiger partial charge in [-0.15, -0.1) is 0 Å². The number of amides is 3. The van der Waals surface area contributed by atoms with Gasteiger partial charge in [-0.25, -0.2) is 9.79 Å². The fourth-order valence-electron chi connectivity index (χ4n) is 4.50. The molecule has 200 valence electrons. The molecule has 0 saturated heterocycles. The van der Waals surface area contributed by atoms with Gasteiger partial charge in [-0.3, -0.25) is 9.59 Å². The van der Waals surface area contributed by atoms with Crippen LogP contribution in [0.5, 0.6) is 0 Å². The highest BCUT2D eigenvalue weighted by Gasteiger charge is 2.34. The molecule has 2 N–H and O–H groups in total. The lowest BCUT2D eigenvalue weighted by molar-refractivity contribution is -0.120. The molecule has 0 spiro atoms. The number of ketones is 1. The highest BCUT2D eigenvalue weighted by molar-refractivity contribution is 6.36. The summed E-state index contributed by atoms with van der Waals surface area (Å²) in [6, 6.07) is 27.8. The maximum Gasteiger partial charge on any atom is 0.321 e. The third-order valence-corrected chi connectivity index (χ3v) is 7.00. The molecule has 0 saturated carbocycles. The van der Waals surface area contributed by atoms with Crippen LogP contribution in [-0.4, -0.2) is 36.1 Å². The summed E-state index contributed by atoms with van der Waals surface area (Å²) in [6.45, 7) is 1.61. The molecule has 3 amide bonds. The zero-order valence-electron chi connectivity index (χ0n) is 21.4. The van der Waals surface area contributed by atoms with E-state index in [1.54, 1.807) is 36.4 Å². The Bertz CT molecular complexity index is 1640. The number of aryl methyl sites for hydroxylation is 1. The van der Waals surface area contributed by atoms with Crippen molar-refractivity contribution in [2.75, 3.05) is 16.8 Å². The number of fused-ring (bicyclic) bond motifs is 1. The highest BCUT2D eigenvalue weighted by atomic mass is 35.5. The number of halogens is 2. The van der Waals surface area contributed by atoms with Crippen molar-refractivity contribution in [3.8, 4) is 0 Å². The quantitative estimate of drug-likeness (QED) is 0.258. The molecule has 0 aromatic heterocycles. The number of aliphatic imine (C=N–C) groups is 1. The van der Waals surface area contributed by atoms with Crippen LogP contribution in [0, 0.1) is 6.92 Å². The predicted molar refractivity (Wildman–Crippen MR) is 159 cm³/mol. The van der Waals surface area contributed by atoms with Gasteiger partial charge in [0.15, 0.2) is 5.78 Å². The van der Waals surface area contributed by atoms with Gasteiger partial charge in [0, 0.05) is 21.7 Å². The van der Waals surface area contributed by atoms with Crippen molar-refractivity contribution in [1.29, 1.82) is 0 Å². The third-order valence-electron chi connectivity index (χ3n) is 6.45. The Morgan fingerprint density at radius 2 is 1.60 bits per heavy atom. The Labute approximate surface area is 241 Å². The molecule has 1 unspecified atom stereocenters. The molecule has 7 nitrogen and oxygen atoms in total. The highest BCUT2D eigenvalue weighted by Crippen LogP contribution is 2.29. The van der Waals surface area contributed by atoms with E-state index >= 15 is 0 Å². The maximum atomic E-state index is 14.0. The van der Waals surface area contributed by atoms with Gasteiger partial charge < -0.3 is 15.5 Å². The Morgan fingerprint density at radius 3 is 2.35 bits per heavy atom. The number of nitrogens with one attached hydrogen (secondary N) is 2. The second-order valence-electron chi connectivity index (χ2n) is 9.15. The first kappa shape index (κ1) is 27.1. The van der Waals surface area contributed by atoms with Crippen molar-refractivity contribution in [2.24, 2.45) is 4.99 Å². The van der Waals surface area contributed by atoms with Gasteiger partial charge in [-0.05, 0) is 36.8 Å². The number of rotatable bonds is 6. The molecule has 4 aromatic carbocycles. The van der Waals surface area contributed by atoms with E-state index < -0.39 is 18.1 Å². The van der Waals surface area contributed by atoms with E-state index in [2.05, 4.69) is 10.6 Å². The Kier molecular flexibility index (Phi) is 7.96. The van der Waals surface area contributed by atoms with Gasteiger partial charge in [0.05, 0.1) is 28.7 Å². The van der Waals surface area contributed by atoms with Crippen molar-refractivity contribution in [3.05, 3.63) is 129 Å². The minimum atomic E-state index is -1.33. The molecule has 0 aliphatic carbocycles. The molecule has 0 radical (unpaired) electrons. The van der Waals surface area contributed by atoms with Crippen LogP contribution in [0.4, 0.5) is 16.2 Å². The number of nitrogens with zero attached hydrogens (tertiary/aromatic N) is 2. The van der Waals surface area contributed by atoms with Crippen LogP contribution >= 0.6 is 23.2 Å². The zero-order chi connectivity index (χ0) is 28.2. The maximum absolute atomic E-state index is 14.0. The van der Waals surface area contributed by atoms with Crippen LogP contribution < -0.4 is 15.5 Å². The van der Waals surface area contributed by atoms with Crippen molar-refractivity contribution in [1.82, 2.24) is 5.32 Å². The van der Waals surface area contributed by atoms with E-state index in [1.807, 2.05) is 61.5 Å². The van der Waals surface area contributed by atoms with Crippen molar-refractivity contribution >= 4 is 58.0 Å². The number of urea groups is 1. The second kappa shape index (κ2) is 11.7. The minimum absolute atomic E-state index is 0.235. The van der Waals surface area contributed by atoms with E-state index in [9.17, 15) is 14.4 Å². The number of benzodiazepines with no additional fused rings is 1. The number of Topliss-reactive ketones (excluding diaryl/α,β-unsaturated/α-hetero) is 1. The standard InChI is InChI=1S/C31H24Cl2N4O3/c1-19-9-5-6-12-22(19)27(38)18-37-26-14-8-7-13-23(26)28(20-10-3-2-4-11-20)35-29(30(37)39)36-31(40)34-25-16-15-21(32)17-24(25)33/h2-17,29H,18H2,1H3,(H2,34,36,40). The molecule has 1 aliphatic rings. The number of para-hydroxylation sites is 1. The SMILES string of the molecule is Cc1ccccc1C(=O)CN1C(=O)C(NC(=O)Nc2ccc(Cl)cc2Cl)N=C(c2ccccc2)c2ccccc21. The van der Waals surface area contributed by atoms with Gasteiger partial charge in [-0.2, -0.15) is 0 Å². The minimum Gasteiger partial charge on any atom is -0.308 e. The first-order valence-electron chi connectivity index (χ1n) is 12.5. The Balaban J connectivity index is 1.54. The average molecular weight is 571 g/mol.